The van der Waals surface area contributed by atoms with Crippen molar-refractivity contribution in [1.29, 1.82) is 0 Å². The van der Waals surface area contributed by atoms with Crippen LogP contribution in [0.2, 0.25) is 0 Å². The molecule has 0 aliphatic carbocycles. The number of nitrogens with zero attached hydrogens (tertiary/aromatic N) is 1. The average molecular weight is 313 g/mol. The number of nitrogens with one attached hydrogen (secondary N) is 1. The Balaban J connectivity index is 3.09. The van der Waals surface area contributed by atoms with Crippen molar-refractivity contribution in [3.05, 3.63) is 23.3 Å². The molecule has 7 heteroatoms. The van der Waals surface area contributed by atoms with Crippen molar-refractivity contribution < 1.29 is 13.2 Å². The first-order chi connectivity index (χ1) is 9.55. The van der Waals surface area contributed by atoms with E-state index in [0.717, 1.165) is 9.87 Å². The van der Waals surface area contributed by atoms with Gasteiger partial charge in [0.1, 0.15) is 0 Å². The maximum Gasteiger partial charge on any atom is 0.243 e. The first-order valence-electron chi connectivity index (χ1n) is 6.68. The Kier molecular flexibility index (Phi) is 5.36. The second kappa shape index (κ2) is 6.44. The van der Waals surface area contributed by atoms with E-state index in [-0.39, 0.29) is 23.4 Å². The summed E-state index contributed by atoms with van der Waals surface area (Å²) in [5.74, 6) is -0.339. The number of carbonyl (C=O) groups is 1. The van der Waals surface area contributed by atoms with Crippen molar-refractivity contribution in [2.45, 2.75) is 38.6 Å². The number of carbonyl (C=O) groups excluding carboxylic acids is 1. The molecule has 0 aliphatic heterocycles. The maximum atomic E-state index is 12.6. The van der Waals surface area contributed by atoms with Crippen molar-refractivity contribution in [2.24, 2.45) is 0 Å². The number of aryl methyl sites for hydroxylation is 1. The van der Waals surface area contributed by atoms with Crippen LogP contribution in [0.4, 0.5) is 5.69 Å². The summed E-state index contributed by atoms with van der Waals surface area (Å²) in [6.07, 6.45) is 0. The minimum Gasteiger partial charge on any atom is -0.399 e. The summed E-state index contributed by atoms with van der Waals surface area (Å²) in [6.45, 7) is 6.93. The first-order valence-corrected chi connectivity index (χ1v) is 8.12. The Labute approximate surface area is 126 Å². The van der Waals surface area contributed by atoms with Crippen LogP contribution >= 0.6 is 0 Å². The zero-order valence-corrected chi connectivity index (χ0v) is 13.9. The van der Waals surface area contributed by atoms with Crippen LogP contribution in [0.3, 0.4) is 0 Å². The van der Waals surface area contributed by atoms with E-state index in [9.17, 15) is 13.2 Å². The summed E-state index contributed by atoms with van der Waals surface area (Å²) in [5, 5.41) is 2.66. The summed E-state index contributed by atoms with van der Waals surface area (Å²) in [6, 6.07) is 3.11. The van der Waals surface area contributed by atoms with Gasteiger partial charge in [0.2, 0.25) is 15.9 Å². The zero-order chi connectivity index (χ0) is 16.4. The third-order valence-corrected chi connectivity index (χ3v) is 5.08. The second-order valence-electron chi connectivity index (χ2n) is 5.44. The highest BCUT2D eigenvalue weighted by Crippen LogP contribution is 2.24. The Bertz CT molecular complexity index is 639. The molecule has 3 N–H and O–H groups in total. The first kappa shape index (κ1) is 17.5. The van der Waals surface area contributed by atoms with Crippen molar-refractivity contribution in [3.63, 3.8) is 0 Å². The van der Waals surface area contributed by atoms with Gasteiger partial charge in [-0.25, -0.2) is 8.42 Å². The highest BCUT2D eigenvalue weighted by atomic mass is 32.2. The molecule has 1 aromatic rings. The van der Waals surface area contributed by atoms with Gasteiger partial charge in [0.25, 0.3) is 0 Å². The molecule has 0 spiro atoms. The number of hydrogen-bond acceptors (Lipinski definition) is 4. The fourth-order valence-corrected chi connectivity index (χ4v) is 3.40. The van der Waals surface area contributed by atoms with E-state index in [2.05, 4.69) is 5.32 Å². The van der Waals surface area contributed by atoms with Crippen LogP contribution in [0.25, 0.3) is 0 Å². The smallest absolute Gasteiger partial charge is 0.243 e. The molecular formula is C14H23N3O3S. The molecule has 118 valence electrons. The zero-order valence-electron chi connectivity index (χ0n) is 13.1. The quantitative estimate of drug-likeness (QED) is 0.794. The van der Waals surface area contributed by atoms with Gasteiger partial charge in [0, 0.05) is 18.8 Å². The van der Waals surface area contributed by atoms with Gasteiger partial charge in [-0.05, 0) is 51.0 Å². The molecule has 1 aromatic carbocycles. The standard InChI is InChI=1S/C14H23N3O3S/c1-9(2)16-14(18)8-17(5)21(19,20)13-7-12(15)6-10(3)11(13)4/h6-7,9H,8,15H2,1-5H3,(H,16,18). The molecule has 0 radical (unpaired) electrons. The number of sulfonamides is 1. The van der Waals surface area contributed by atoms with Crippen LogP contribution in [-0.2, 0) is 14.8 Å². The van der Waals surface area contributed by atoms with E-state index < -0.39 is 10.0 Å². The van der Waals surface area contributed by atoms with E-state index in [1.54, 1.807) is 19.9 Å². The van der Waals surface area contributed by atoms with Crippen molar-refractivity contribution in [3.8, 4) is 0 Å². The number of anilines is 1. The van der Waals surface area contributed by atoms with Crippen LogP contribution in [0.1, 0.15) is 25.0 Å². The lowest BCUT2D eigenvalue weighted by Crippen LogP contribution is -2.41. The molecule has 0 atom stereocenters. The van der Waals surface area contributed by atoms with Gasteiger partial charge in [-0.15, -0.1) is 0 Å². The Morgan fingerprint density at radius 2 is 1.90 bits per heavy atom. The van der Waals surface area contributed by atoms with Gasteiger partial charge >= 0.3 is 0 Å². The van der Waals surface area contributed by atoms with Crippen LogP contribution in [0.15, 0.2) is 17.0 Å². The highest BCUT2D eigenvalue weighted by Gasteiger charge is 2.25. The molecule has 21 heavy (non-hydrogen) atoms. The minimum atomic E-state index is -3.75. The molecule has 1 amide bonds. The number of hydrogen-bond donors (Lipinski definition) is 2. The van der Waals surface area contributed by atoms with E-state index >= 15 is 0 Å². The Morgan fingerprint density at radius 3 is 2.43 bits per heavy atom. The lowest BCUT2D eigenvalue weighted by Gasteiger charge is -2.20. The lowest BCUT2D eigenvalue weighted by atomic mass is 10.1. The SMILES string of the molecule is Cc1cc(N)cc(S(=O)(=O)N(C)CC(=O)NC(C)C)c1C. The number of amides is 1. The summed E-state index contributed by atoms with van der Waals surface area (Å²) in [4.78, 5) is 11.9. The summed E-state index contributed by atoms with van der Waals surface area (Å²) < 4.78 is 26.2. The minimum absolute atomic E-state index is 0.0371. The number of nitrogens with two attached hydrogens (primary N) is 1. The second-order valence-corrected chi connectivity index (χ2v) is 7.46. The third kappa shape index (κ3) is 4.18. The van der Waals surface area contributed by atoms with E-state index in [4.69, 9.17) is 5.73 Å². The third-order valence-electron chi connectivity index (χ3n) is 3.15. The topological polar surface area (TPSA) is 92.5 Å². The van der Waals surface area contributed by atoms with Crippen molar-refractivity contribution in [2.75, 3.05) is 19.3 Å². The highest BCUT2D eigenvalue weighted by molar-refractivity contribution is 7.89. The predicted molar refractivity (Wildman–Crippen MR) is 83.4 cm³/mol. The number of rotatable bonds is 5. The van der Waals surface area contributed by atoms with Gasteiger partial charge in [-0.1, -0.05) is 0 Å². The molecule has 0 unspecified atom stereocenters. The van der Waals surface area contributed by atoms with Crippen LogP contribution in [-0.4, -0.2) is 38.3 Å². The lowest BCUT2D eigenvalue weighted by molar-refractivity contribution is -0.121. The maximum absolute atomic E-state index is 12.6. The van der Waals surface area contributed by atoms with E-state index in [0.29, 0.717) is 11.3 Å². The molecule has 6 nitrogen and oxygen atoms in total. The fraction of sp³-hybridized carbons (Fsp3) is 0.500. The normalized spacial score (nSPS) is 12.0. The van der Waals surface area contributed by atoms with Gasteiger partial charge in [0.15, 0.2) is 0 Å². The Hall–Kier alpha value is -1.60. The van der Waals surface area contributed by atoms with Crippen LogP contribution < -0.4 is 11.1 Å². The van der Waals surface area contributed by atoms with Crippen molar-refractivity contribution in [1.82, 2.24) is 9.62 Å². The number of benzene rings is 1. The number of nitrogen functional groups attached to an aromatic ring is 1. The average Bonchev–Trinajstić information content (AvgIpc) is 2.32. The molecule has 1 rings (SSSR count). The van der Waals surface area contributed by atoms with Gasteiger partial charge < -0.3 is 11.1 Å². The van der Waals surface area contributed by atoms with Gasteiger partial charge in [-0.3, -0.25) is 4.79 Å². The Morgan fingerprint density at radius 1 is 1.33 bits per heavy atom. The number of likely N-dealkylation sites (N-methyl/N-ethyl adjacent to an activating group) is 1. The summed E-state index contributed by atoms with van der Waals surface area (Å²) in [5.41, 5.74) is 7.55. The molecule has 0 bridgehead atoms. The molecule has 0 saturated heterocycles. The largest absolute Gasteiger partial charge is 0.399 e. The molecule has 0 fully saturated rings. The summed E-state index contributed by atoms with van der Waals surface area (Å²) in [7, 11) is -2.37. The molecule has 0 aliphatic rings. The monoisotopic (exact) mass is 313 g/mol. The predicted octanol–water partition coefficient (Wildman–Crippen LogP) is 1.03. The molecule has 0 aromatic heterocycles. The van der Waals surface area contributed by atoms with Crippen molar-refractivity contribution >= 4 is 21.6 Å². The fourth-order valence-electron chi connectivity index (χ4n) is 1.94. The van der Waals surface area contributed by atoms with Gasteiger partial charge in [0.05, 0.1) is 11.4 Å². The summed E-state index contributed by atoms with van der Waals surface area (Å²) >= 11 is 0. The van der Waals surface area contributed by atoms with Crippen LogP contribution in [0.5, 0.6) is 0 Å². The molecule has 0 saturated carbocycles. The molecular weight excluding hydrogens is 290 g/mol. The van der Waals surface area contributed by atoms with Crippen LogP contribution in [0, 0.1) is 13.8 Å². The van der Waals surface area contributed by atoms with Gasteiger partial charge in [-0.2, -0.15) is 4.31 Å². The molecule has 0 heterocycles. The van der Waals surface area contributed by atoms with E-state index in [1.807, 2.05) is 13.8 Å². The van der Waals surface area contributed by atoms with E-state index in [1.165, 1.54) is 13.1 Å².